The van der Waals surface area contributed by atoms with Crippen molar-refractivity contribution in [2.75, 3.05) is 6.61 Å². The molecule has 0 unspecified atom stereocenters. The fourth-order valence-corrected chi connectivity index (χ4v) is 4.51. The van der Waals surface area contributed by atoms with Gasteiger partial charge in [-0.15, -0.1) is 13.2 Å². The van der Waals surface area contributed by atoms with Gasteiger partial charge in [0.25, 0.3) is 0 Å². The molecule has 3 aromatic carbocycles. The van der Waals surface area contributed by atoms with Crippen molar-refractivity contribution in [3.63, 3.8) is 0 Å². The molecule has 180 valence electrons. The van der Waals surface area contributed by atoms with Crippen LogP contribution in [0.3, 0.4) is 0 Å². The summed E-state index contributed by atoms with van der Waals surface area (Å²) in [6.45, 7) is 2.13. The number of aryl methyl sites for hydroxylation is 1. The van der Waals surface area contributed by atoms with Crippen LogP contribution in [0.2, 0.25) is 0 Å². The third-order valence-corrected chi connectivity index (χ3v) is 5.85. The summed E-state index contributed by atoms with van der Waals surface area (Å²) >= 11 is 0. The van der Waals surface area contributed by atoms with E-state index in [-0.39, 0.29) is 12.3 Å². The third kappa shape index (κ3) is 4.28. The molecule has 5 rings (SSSR count). The number of ether oxygens (including phenoxy) is 2. The molecule has 0 fully saturated rings. The molecule has 0 radical (unpaired) electrons. The van der Waals surface area contributed by atoms with Crippen LogP contribution < -0.4 is 4.74 Å². The van der Waals surface area contributed by atoms with Crippen LogP contribution in [0.15, 0.2) is 60.7 Å². The van der Waals surface area contributed by atoms with Crippen LogP contribution in [0, 0.1) is 0 Å². The van der Waals surface area contributed by atoms with Crippen LogP contribution in [-0.2, 0) is 17.8 Å². The second kappa shape index (κ2) is 8.62. The Morgan fingerprint density at radius 2 is 1.71 bits per heavy atom. The van der Waals surface area contributed by atoms with Gasteiger partial charge < -0.3 is 19.0 Å². The second-order valence-corrected chi connectivity index (χ2v) is 7.89. The first-order chi connectivity index (χ1) is 16.7. The van der Waals surface area contributed by atoms with E-state index in [4.69, 9.17) is 9.84 Å². The molecule has 0 aliphatic carbocycles. The van der Waals surface area contributed by atoms with Crippen molar-refractivity contribution in [3.05, 3.63) is 60.7 Å². The number of alkyl halides is 3. The number of para-hydroxylation sites is 1. The monoisotopic (exact) mass is 483 g/mol. The topological polar surface area (TPSA) is 78.5 Å². The molecule has 0 aliphatic heterocycles. The highest BCUT2D eigenvalue weighted by atomic mass is 19.4. The van der Waals surface area contributed by atoms with E-state index in [2.05, 4.69) is 21.2 Å². The van der Waals surface area contributed by atoms with Crippen molar-refractivity contribution in [2.45, 2.75) is 26.4 Å². The Morgan fingerprint density at radius 3 is 2.46 bits per heavy atom. The lowest BCUT2D eigenvalue weighted by molar-refractivity contribution is -0.325. The molecule has 0 bridgehead atoms. The summed E-state index contributed by atoms with van der Waals surface area (Å²) < 4.78 is 50.5. The first kappa shape index (κ1) is 22.7. The summed E-state index contributed by atoms with van der Waals surface area (Å²) in [6, 6.07) is 18.3. The molecule has 0 saturated carbocycles. The molecular weight excluding hydrogens is 463 g/mol. The zero-order chi connectivity index (χ0) is 24.7. The Balaban J connectivity index is 1.66. The smallest absolute Gasteiger partial charge is 0.449 e. The lowest BCUT2D eigenvalue weighted by Gasteiger charge is -2.12. The largest absolute Gasteiger partial charge is 0.522 e. The van der Waals surface area contributed by atoms with Crippen molar-refractivity contribution in [3.8, 4) is 17.1 Å². The summed E-state index contributed by atoms with van der Waals surface area (Å²) in [5, 5.41) is 11.0. The van der Waals surface area contributed by atoms with Gasteiger partial charge in [-0.05, 0) is 43.3 Å². The Hall–Kier alpha value is -4.05. The van der Waals surface area contributed by atoms with Crippen LogP contribution in [0.5, 0.6) is 5.75 Å². The number of hydrogen-bond acceptors (Lipinski definition) is 4. The molecule has 35 heavy (non-hydrogen) atoms. The van der Waals surface area contributed by atoms with Gasteiger partial charge in [0.2, 0.25) is 0 Å². The van der Waals surface area contributed by atoms with E-state index in [9.17, 15) is 18.0 Å². The van der Waals surface area contributed by atoms with Crippen molar-refractivity contribution in [1.29, 1.82) is 0 Å². The molecule has 7 nitrogen and oxygen atoms in total. The number of imidazole rings is 1. The fourth-order valence-electron chi connectivity index (χ4n) is 4.51. The number of benzene rings is 3. The lowest BCUT2D eigenvalue weighted by Crippen LogP contribution is -2.17. The minimum atomic E-state index is -4.75. The second-order valence-electron chi connectivity index (χ2n) is 7.89. The minimum Gasteiger partial charge on any atom is -0.449 e. The molecule has 1 N–H and O–H groups in total. The standard InChI is InChI=1S/C25H20F3N3O4/c1-2-30-20-6-4-3-5-17(20)18-13-15(7-9-21(18)30)23-29-19-14-16(35-24(32)33)8-10-22(19)31(23)11-12-34-25(26,27)28/h3-10,13-14H,2,11-12H2,1H3,(H,32,33). The van der Waals surface area contributed by atoms with Crippen molar-refractivity contribution >= 4 is 39.0 Å². The Morgan fingerprint density at radius 1 is 0.971 bits per heavy atom. The van der Waals surface area contributed by atoms with Gasteiger partial charge in [-0.25, -0.2) is 9.78 Å². The van der Waals surface area contributed by atoms with Crippen molar-refractivity contribution in [2.24, 2.45) is 0 Å². The minimum absolute atomic E-state index is 0.0641. The number of aromatic nitrogens is 3. The van der Waals surface area contributed by atoms with E-state index in [0.717, 1.165) is 28.4 Å². The highest BCUT2D eigenvalue weighted by Gasteiger charge is 2.29. The number of hydrogen-bond donors (Lipinski definition) is 1. The summed E-state index contributed by atoms with van der Waals surface area (Å²) in [5.41, 5.74) is 3.75. The summed E-state index contributed by atoms with van der Waals surface area (Å²) in [5.74, 6) is 0.502. The zero-order valence-corrected chi connectivity index (χ0v) is 18.5. The number of rotatable bonds is 6. The Labute approximate surface area is 196 Å². The van der Waals surface area contributed by atoms with Gasteiger partial charge in [0.15, 0.2) is 0 Å². The molecule has 0 aliphatic rings. The van der Waals surface area contributed by atoms with E-state index >= 15 is 0 Å². The highest BCUT2D eigenvalue weighted by Crippen LogP contribution is 2.34. The third-order valence-electron chi connectivity index (χ3n) is 5.85. The predicted octanol–water partition coefficient (Wildman–Crippen LogP) is 6.42. The van der Waals surface area contributed by atoms with E-state index < -0.39 is 19.1 Å². The van der Waals surface area contributed by atoms with Gasteiger partial charge in [-0.1, -0.05) is 18.2 Å². The Kier molecular flexibility index (Phi) is 5.60. The summed E-state index contributed by atoms with van der Waals surface area (Å²) in [7, 11) is 0. The van der Waals surface area contributed by atoms with Gasteiger partial charge >= 0.3 is 12.5 Å². The molecule has 2 heterocycles. The van der Waals surface area contributed by atoms with Gasteiger partial charge in [-0.2, -0.15) is 0 Å². The predicted molar refractivity (Wildman–Crippen MR) is 125 cm³/mol. The van der Waals surface area contributed by atoms with E-state index in [1.54, 1.807) is 10.6 Å². The Bertz CT molecular complexity index is 1570. The van der Waals surface area contributed by atoms with E-state index in [1.165, 1.54) is 12.1 Å². The van der Waals surface area contributed by atoms with E-state index in [1.807, 2.05) is 42.5 Å². The summed E-state index contributed by atoms with van der Waals surface area (Å²) in [4.78, 5) is 15.5. The first-order valence-electron chi connectivity index (χ1n) is 10.9. The maximum Gasteiger partial charge on any atom is 0.522 e. The lowest BCUT2D eigenvalue weighted by atomic mass is 10.1. The van der Waals surface area contributed by atoms with Gasteiger partial charge in [0, 0.05) is 46.5 Å². The molecule has 0 saturated heterocycles. The number of halogens is 3. The average molecular weight is 483 g/mol. The van der Waals surface area contributed by atoms with Gasteiger partial charge in [-0.3, -0.25) is 4.74 Å². The van der Waals surface area contributed by atoms with Crippen LogP contribution in [-0.4, -0.2) is 38.3 Å². The maximum absolute atomic E-state index is 12.6. The van der Waals surface area contributed by atoms with Crippen molar-refractivity contribution in [1.82, 2.24) is 14.1 Å². The molecule has 0 amide bonds. The molecule has 0 atom stereocenters. The number of fused-ring (bicyclic) bond motifs is 4. The average Bonchev–Trinajstić information content (AvgIpc) is 3.32. The van der Waals surface area contributed by atoms with Crippen LogP contribution in [0.25, 0.3) is 44.2 Å². The quantitative estimate of drug-likeness (QED) is 0.223. The highest BCUT2D eigenvalue weighted by molar-refractivity contribution is 6.09. The molecule has 10 heteroatoms. The van der Waals surface area contributed by atoms with E-state index in [0.29, 0.717) is 22.4 Å². The van der Waals surface area contributed by atoms with Gasteiger partial charge in [0.1, 0.15) is 11.6 Å². The number of nitrogens with zero attached hydrogens (tertiary/aromatic N) is 3. The van der Waals surface area contributed by atoms with Gasteiger partial charge in [0.05, 0.1) is 17.6 Å². The van der Waals surface area contributed by atoms with Crippen LogP contribution in [0.4, 0.5) is 18.0 Å². The SMILES string of the molecule is CCn1c2ccccc2c2cc(-c3nc4cc(OC(=O)O)ccc4n3CCOC(F)(F)F)ccc21. The zero-order valence-electron chi connectivity index (χ0n) is 18.5. The summed E-state index contributed by atoms with van der Waals surface area (Å²) in [6.07, 6.45) is -6.22. The normalized spacial score (nSPS) is 12.1. The molecule has 0 spiro atoms. The van der Waals surface area contributed by atoms with Crippen LogP contribution >= 0.6 is 0 Å². The number of carbonyl (C=O) groups is 1. The maximum atomic E-state index is 12.6. The number of carboxylic acid groups (broad SMARTS) is 1. The first-order valence-corrected chi connectivity index (χ1v) is 10.9. The fraction of sp³-hybridized carbons (Fsp3) is 0.200. The molecule has 5 aromatic rings. The van der Waals surface area contributed by atoms with Crippen molar-refractivity contribution < 1.29 is 32.5 Å². The van der Waals surface area contributed by atoms with Crippen LogP contribution in [0.1, 0.15) is 6.92 Å². The molecule has 2 aromatic heterocycles. The molecular formula is C25H20F3N3O4.